The zero-order chi connectivity index (χ0) is 15.1. The predicted octanol–water partition coefficient (Wildman–Crippen LogP) is 1.75. The van der Waals surface area contributed by atoms with Crippen LogP contribution >= 0.6 is 0 Å². The second kappa shape index (κ2) is 7.75. The highest BCUT2D eigenvalue weighted by atomic mass is 16.5. The second-order valence-corrected chi connectivity index (χ2v) is 5.02. The lowest BCUT2D eigenvalue weighted by molar-refractivity contribution is -0.122. The van der Waals surface area contributed by atoms with E-state index in [9.17, 15) is 9.90 Å². The van der Waals surface area contributed by atoms with Crippen LogP contribution in [0.4, 0.5) is 0 Å². The van der Waals surface area contributed by atoms with Gasteiger partial charge in [0, 0.05) is 18.2 Å². The fraction of sp³-hybridized carbons (Fsp3) is 0.533. The predicted molar refractivity (Wildman–Crippen MR) is 78.9 cm³/mol. The molecule has 0 saturated carbocycles. The number of hydrogen-bond acceptors (Lipinski definition) is 4. The lowest BCUT2D eigenvalue weighted by Crippen LogP contribution is -2.39. The van der Waals surface area contributed by atoms with Crippen LogP contribution in [0.3, 0.4) is 0 Å². The lowest BCUT2D eigenvalue weighted by atomic mass is 10.1. The van der Waals surface area contributed by atoms with Gasteiger partial charge in [-0.05, 0) is 38.6 Å². The molecule has 20 heavy (non-hydrogen) atoms. The van der Waals surface area contributed by atoms with Crippen molar-refractivity contribution in [2.45, 2.75) is 33.4 Å². The highest BCUT2D eigenvalue weighted by Gasteiger charge is 2.13. The highest BCUT2D eigenvalue weighted by molar-refractivity contribution is 5.78. The Bertz CT molecular complexity index is 447. The molecule has 0 aliphatic heterocycles. The largest absolute Gasteiger partial charge is 0.508 e. The van der Waals surface area contributed by atoms with E-state index in [4.69, 9.17) is 4.74 Å². The molecule has 0 unspecified atom stereocenters. The molecule has 0 aliphatic carbocycles. The van der Waals surface area contributed by atoms with Gasteiger partial charge in [0.1, 0.15) is 11.5 Å². The number of methoxy groups -OCH3 is 1. The molecule has 0 saturated heterocycles. The first-order valence-electron chi connectivity index (χ1n) is 6.83. The van der Waals surface area contributed by atoms with Crippen molar-refractivity contribution < 1.29 is 14.6 Å². The molecule has 1 aromatic carbocycles. The number of nitrogens with zero attached hydrogens (tertiary/aromatic N) is 1. The Morgan fingerprint density at radius 1 is 1.45 bits per heavy atom. The summed E-state index contributed by atoms with van der Waals surface area (Å²) in [7, 11) is 1.59. The van der Waals surface area contributed by atoms with Crippen molar-refractivity contribution in [3.8, 4) is 11.5 Å². The molecule has 0 atom stereocenters. The van der Waals surface area contributed by atoms with Gasteiger partial charge in [0.25, 0.3) is 0 Å². The van der Waals surface area contributed by atoms with E-state index in [1.807, 2.05) is 25.7 Å². The van der Waals surface area contributed by atoms with E-state index in [-0.39, 0.29) is 17.7 Å². The molecule has 0 bridgehead atoms. The van der Waals surface area contributed by atoms with E-state index in [0.29, 0.717) is 18.8 Å². The quantitative estimate of drug-likeness (QED) is 0.799. The van der Waals surface area contributed by atoms with E-state index in [1.54, 1.807) is 25.3 Å². The summed E-state index contributed by atoms with van der Waals surface area (Å²) in [4.78, 5) is 13.7. The topological polar surface area (TPSA) is 61.8 Å². The van der Waals surface area contributed by atoms with Gasteiger partial charge in [0.05, 0.1) is 13.7 Å². The second-order valence-electron chi connectivity index (χ2n) is 5.02. The molecule has 0 heterocycles. The Morgan fingerprint density at radius 2 is 2.15 bits per heavy atom. The van der Waals surface area contributed by atoms with Crippen molar-refractivity contribution in [3.05, 3.63) is 23.8 Å². The fourth-order valence-corrected chi connectivity index (χ4v) is 1.91. The Balaban J connectivity index is 2.70. The molecule has 0 aromatic heterocycles. The summed E-state index contributed by atoms with van der Waals surface area (Å²) in [6.07, 6.45) is 0. The fourth-order valence-electron chi connectivity index (χ4n) is 1.91. The van der Waals surface area contributed by atoms with E-state index >= 15 is 0 Å². The van der Waals surface area contributed by atoms with E-state index in [2.05, 4.69) is 5.32 Å². The number of rotatable bonds is 7. The number of likely N-dealkylation sites (N-methyl/N-ethyl adjacent to an activating group) is 1. The van der Waals surface area contributed by atoms with Gasteiger partial charge in [-0.2, -0.15) is 0 Å². The van der Waals surface area contributed by atoms with E-state index < -0.39 is 0 Å². The number of carbonyl (C=O) groups is 1. The van der Waals surface area contributed by atoms with Crippen LogP contribution in [0.15, 0.2) is 18.2 Å². The number of carbonyl (C=O) groups excluding carboxylic acids is 1. The third-order valence-corrected chi connectivity index (χ3v) is 2.94. The van der Waals surface area contributed by atoms with Gasteiger partial charge in [-0.1, -0.05) is 6.92 Å². The Morgan fingerprint density at radius 3 is 2.70 bits per heavy atom. The summed E-state index contributed by atoms with van der Waals surface area (Å²) in [6.45, 7) is 7.39. The molecule has 5 heteroatoms. The zero-order valence-corrected chi connectivity index (χ0v) is 12.6. The van der Waals surface area contributed by atoms with Crippen molar-refractivity contribution in [2.24, 2.45) is 0 Å². The molecule has 0 aliphatic rings. The number of aromatic hydroxyl groups is 1. The summed E-state index contributed by atoms with van der Waals surface area (Å²) in [5, 5.41) is 12.7. The molecule has 0 spiro atoms. The molecule has 1 amide bonds. The maximum atomic E-state index is 11.8. The number of phenolic OH excluding ortho intramolecular Hbond substituents is 1. The van der Waals surface area contributed by atoms with E-state index in [0.717, 1.165) is 12.1 Å². The van der Waals surface area contributed by atoms with Gasteiger partial charge in [-0.25, -0.2) is 0 Å². The van der Waals surface area contributed by atoms with Crippen LogP contribution in [0, 0.1) is 0 Å². The molecule has 5 nitrogen and oxygen atoms in total. The van der Waals surface area contributed by atoms with Gasteiger partial charge in [-0.3, -0.25) is 9.69 Å². The van der Waals surface area contributed by atoms with Crippen molar-refractivity contribution in [3.63, 3.8) is 0 Å². The summed E-state index contributed by atoms with van der Waals surface area (Å²) in [5.41, 5.74) is 0.753. The van der Waals surface area contributed by atoms with Crippen molar-refractivity contribution in [1.82, 2.24) is 10.2 Å². The summed E-state index contributed by atoms with van der Waals surface area (Å²) in [6, 6.07) is 5.24. The number of benzene rings is 1. The van der Waals surface area contributed by atoms with Crippen LogP contribution in [0.25, 0.3) is 0 Å². The van der Waals surface area contributed by atoms with Gasteiger partial charge in [0.2, 0.25) is 5.91 Å². The molecule has 0 fully saturated rings. The SMILES string of the molecule is CCN(CC(=O)NC(C)C)Cc1cc(OC)ccc1O. The number of phenols is 1. The number of amides is 1. The minimum atomic E-state index is -0.00997. The molecule has 112 valence electrons. The monoisotopic (exact) mass is 280 g/mol. The van der Waals surface area contributed by atoms with Crippen molar-refractivity contribution >= 4 is 5.91 Å². The van der Waals surface area contributed by atoms with Gasteiger partial charge >= 0.3 is 0 Å². The molecular weight excluding hydrogens is 256 g/mol. The van der Waals surface area contributed by atoms with Crippen LogP contribution in [0.1, 0.15) is 26.3 Å². The third kappa shape index (κ3) is 5.09. The van der Waals surface area contributed by atoms with Gasteiger partial charge < -0.3 is 15.2 Å². The first kappa shape index (κ1) is 16.3. The summed E-state index contributed by atoms with van der Waals surface area (Å²) in [5.74, 6) is 0.901. The highest BCUT2D eigenvalue weighted by Crippen LogP contribution is 2.24. The molecule has 1 aromatic rings. The van der Waals surface area contributed by atoms with Crippen molar-refractivity contribution in [2.75, 3.05) is 20.2 Å². The van der Waals surface area contributed by atoms with Gasteiger partial charge in [-0.15, -0.1) is 0 Å². The lowest BCUT2D eigenvalue weighted by Gasteiger charge is -2.21. The maximum Gasteiger partial charge on any atom is 0.234 e. The number of ether oxygens (including phenoxy) is 1. The zero-order valence-electron chi connectivity index (χ0n) is 12.6. The molecule has 1 rings (SSSR count). The molecule has 2 N–H and O–H groups in total. The Hall–Kier alpha value is -1.75. The maximum absolute atomic E-state index is 11.8. The van der Waals surface area contributed by atoms with Crippen LogP contribution in [-0.4, -0.2) is 42.2 Å². The standard InChI is InChI=1S/C15H24N2O3/c1-5-17(10-15(19)16-11(2)3)9-12-8-13(20-4)6-7-14(12)18/h6-8,11,18H,5,9-10H2,1-4H3,(H,16,19). The first-order chi connectivity index (χ1) is 9.46. The van der Waals surface area contributed by atoms with E-state index in [1.165, 1.54) is 0 Å². The third-order valence-electron chi connectivity index (χ3n) is 2.94. The van der Waals surface area contributed by atoms with Crippen LogP contribution in [0.5, 0.6) is 11.5 Å². The smallest absolute Gasteiger partial charge is 0.234 e. The molecule has 0 radical (unpaired) electrons. The molecular formula is C15H24N2O3. The Labute approximate surface area is 120 Å². The average molecular weight is 280 g/mol. The van der Waals surface area contributed by atoms with Crippen LogP contribution < -0.4 is 10.1 Å². The van der Waals surface area contributed by atoms with Crippen LogP contribution in [-0.2, 0) is 11.3 Å². The normalized spacial score (nSPS) is 10.9. The van der Waals surface area contributed by atoms with Gasteiger partial charge in [0.15, 0.2) is 0 Å². The first-order valence-corrected chi connectivity index (χ1v) is 6.83. The van der Waals surface area contributed by atoms with Crippen molar-refractivity contribution in [1.29, 1.82) is 0 Å². The number of hydrogen-bond donors (Lipinski definition) is 2. The van der Waals surface area contributed by atoms with Crippen LogP contribution in [0.2, 0.25) is 0 Å². The average Bonchev–Trinajstić information content (AvgIpc) is 2.39. The summed E-state index contributed by atoms with van der Waals surface area (Å²) >= 11 is 0. The minimum absolute atomic E-state index is 0.00997. The minimum Gasteiger partial charge on any atom is -0.508 e. The summed E-state index contributed by atoms with van der Waals surface area (Å²) < 4.78 is 5.15. The number of nitrogens with one attached hydrogen (secondary N) is 1. The Kier molecular flexibility index (Phi) is 6.31.